The molecule has 2 rings (SSSR count). The van der Waals surface area contributed by atoms with Gasteiger partial charge in [-0.15, -0.1) is 0 Å². The Balaban J connectivity index is 2.02. The Morgan fingerprint density at radius 2 is 2.25 bits per heavy atom. The molecule has 1 aliphatic heterocycles. The Morgan fingerprint density at radius 3 is 2.94 bits per heavy atom. The molecule has 0 spiro atoms. The maximum Gasteiger partial charge on any atom is 0.0967 e. The average Bonchev–Trinajstić information content (AvgIpc) is 2.30. The first-order valence-corrected chi connectivity index (χ1v) is 6.19. The van der Waals surface area contributed by atoms with E-state index in [9.17, 15) is 0 Å². The Labute approximate surface area is 102 Å². The molecule has 0 saturated carbocycles. The number of hydrogen-bond donors (Lipinski definition) is 1. The quantitative estimate of drug-likeness (QED) is 0.834. The molecule has 16 heavy (non-hydrogen) atoms. The summed E-state index contributed by atoms with van der Waals surface area (Å²) in [5.74, 6) is 1.14. The van der Waals surface area contributed by atoms with Crippen LogP contribution in [0.15, 0.2) is 29.3 Å². The summed E-state index contributed by atoms with van der Waals surface area (Å²) in [6.07, 6.45) is 3.54. The first kappa shape index (κ1) is 11.5. The highest BCUT2D eigenvalue weighted by atomic mass is 35.5. The third-order valence-corrected chi connectivity index (χ3v) is 3.09. The van der Waals surface area contributed by atoms with Crippen molar-refractivity contribution in [3.05, 3.63) is 34.9 Å². The molecule has 1 aromatic rings. The van der Waals surface area contributed by atoms with E-state index in [0.717, 1.165) is 23.8 Å². The topological polar surface area (TPSA) is 24.4 Å². The SMILES string of the molecule is C[C@H](NC1=NCCCC1)c1cccc(Cl)c1. The van der Waals surface area contributed by atoms with Crippen LogP contribution >= 0.6 is 11.6 Å². The maximum atomic E-state index is 5.97. The van der Waals surface area contributed by atoms with Crippen LogP contribution in [0.2, 0.25) is 5.02 Å². The molecule has 86 valence electrons. The standard InChI is InChI=1S/C13H17ClN2/c1-10(11-5-4-6-12(14)9-11)16-13-7-2-3-8-15-13/h4-6,9-10H,2-3,7-8H2,1H3,(H,15,16)/t10-/m0/s1. The predicted octanol–water partition coefficient (Wildman–Crippen LogP) is 3.57. The number of halogens is 1. The second kappa shape index (κ2) is 5.35. The Morgan fingerprint density at radius 1 is 1.38 bits per heavy atom. The Kier molecular flexibility index (Phi) is 3.83. The van der Waals surface area contributed by atoms with Crippen molar-refractivity contribution in [1.29, 1.82) is 0 Å². The summed E-state index contributed by atoms with van der Waals surface area (Å²) in [6, 6.07) is 8.25. The molecule has 3 heteroatoms. The minimum Gasteiger partial charge on any atom is -0.367 e. The highest BCUT2D eigenvalue weighted by Gasteiger charge is 2.10. The lowest BCUT2D eigenvalue weighted by atomic mass is 10.1. The first-order chi connectivity index (χ1) is 7.75. The van der Waals surface area contributed by atoms with Gasteiger partial charge in [-0.25, -0.2) is 0 Å². The van der Waals surface area contributed by atoms with Crippen LogP contribution in [0.1, 0.15) is 37.8 Å². The number of nitrogens with one attached hydrogen (secondary N) is 1. The zero-order valence-corrected chi connectivity index (χ0v) is 10.3. The van der Waals surface area contributed by atoms with Crippen LogP contribution in [0, 0.1) is 0 Å². The maximum absolute atomic E-state index is 5.97. The number of aliphatic imine (C=N–C) groups is 1. The van der Waals surface area contributed by atoms with Crippen molar-refractivity contribution in [2.24, 2.45) is 4.99 Å². The van der Waals surface area contributed by atoms with Crippen LogP contribution in [0.4, 0.5) is 0 Å². The molecule has 0 amide bonds. The van der Waals surface area contributed by atoms with Gasteiger partial charge in [0.15, 0.2) is 0 Å². The molecule has 1 aliphatic rings. The second-order valence-electron chi connectivity index (χ2n) is 4.21. The second-order valence-corrected chi connectivity index (χ2v) is 4.64. The molecule has 0 bridgehead atoms. The van der Waals surface area contributed by atoms with E-state index in [4.69, 9.17) is 11.6 Å². The predicted molar refractivity (Wildman–Crippen MR) is 69.2 cm³/mol. The number of nitrogens with zero attached hydrogens (tertiary/aromatic N) is 1. The largest absolute Gasteiger partial charge is 0.367 e. The van der Waals surface area contributed by atoms with Gasteiger partial charge in [0.1, 0.15) is 0 Å². The molecular weight excluding hydrogens is 220 g/mol. The lowest BCUT2D eigenvalue weighted by Gasteiger charge is -2.20. The van der Waals surface area contributed by atoms with Crippen molar-refractivity contribution in [2.75, 3.05) is 6.54 Å². The molecule has 0 saturated heterocycles. The van der Waals surface area contributed by atoms with E-state index >= 15 is 0 Å². The minimum atomic E-state index is 0.274. The van der Waals surface area contributed by atoms with E-state index in [0.29, 0.717) is 0 Å². The molecule has 1 aromatic carbocycles. The van der Waals surface area contributed by atoms with Crippen LogP contribution in [-0.2, 0) is 0 Å². The molecule has 1 atom stereocenters. The van der Waals surface area contributed by atoms with E-state index in [1.807, 2.05) is 18.2 Å². The number of rotatable bonds is 2. The van der Waals surface area contributed by atoms with Crippen molar-refractivity contribution in [3.63, 3.8) is 0 Å². The molecule has 2 nitrogen and oxygen atoms in total. The Hall–Kier alpha value is -1.02. The fourth-order valence-electron chi connectivity index (χ4n) is 1.92. The molecular formula is C13H17ClN2. The lowest BCUT2D eigenvalue weighted by molar-refractivity contribution is 0.656. The van der Waals surface area contributed by atoms with Crippen LogP contribution in [0.25, 0.3) is 0 Å². The number of benzene rings is 1. The summed E-state index contributed by atoms with van der Waals surface area (Å²) in [5, 5.41) is 4.24. The molecule has 0 aromatic heterocycles. The van der Waals surface area contributed by atoms with Crippen LogP contribution in [-0.4, -0.2) is 12.4 Å². The summed E-state index contributed by atoms with van der Waals surface area (Å²) in [5.41, 5.74) is 1.21. The van der Waals surface area contributed by atoms with Gasteiger partial charge in [-0.1, -0.05) is 23.7 Å². The third-order valence-electron chi connectivity index (χ3n) is 2.86. The molecule has 1 heterocycles. The van der Waals surface area contributed by atoms with Gasteiger partial charge in [-0.3, -0.25) is 4.99 Å². The average molecular weight is 237 g/mol. The van der Waals surface area contributed by atoms with Crippen molar-refractivity contribution >= 4 is 17.4 Å². The van der Waals surface area contributed by atoms with Gasteiger partial charge in [-0.05, 0) is 37.5 Å². The van der Waals surface area contributed by atoms with Gasteiger partial charge >= 0.3 is 0 Å². The van der Waals surface area contributed by atoms with Crippen molar-refractivity contribution in [2.45, 2.75) is 32.2 Å². The summed E-state index contributed by atoms with van der Waals surface area (Å²) >= 11 is 5.97. The van der Waals surface area contributed by atoms with Gasteiger partial charge in [0, 0.05) is 24.0 Å². The molecule has 1 N–H and O–H groups in total. The minimum absolute atomic E-state index is 0.274. The van der Waals surface area contributed by atoms with Crippen molar-refractivity contribution in [3.8, 4) is 0 Å². The molecule has 0 unspecified atom stereocenters. The van der Waals surface area contributed by atoms with Crippen LogP contribution in [0.3, 0.4) is 0 Å². The van der Waals surface area contributed by atoms with Crippen LogP contribution < -0.4 is 5.32 Å². The first-order valence-electron chi connectivity index (χ1n) is 5.81. The fraction of sp³-hybridized carbons (Fsp3) is 0.462. The smallest absolute Gasteiger partial charge is 0.0967 e. The van der Waals surface area contributed by atoms with Gasteiger partial charge in [0.25, 0.3) is 0 Å². The van der Waals surface area contributed by atoms with Gasteiger partial charge in [0.05, 0.1) is 5.84 Å². The zero-order valence-electron chi connectivity index (χ0n) is 9.54. The van der Waals surface area contributed by atoms with E-state index in [2.05, 4.69) is 23.3 Å². The monoisotopic (exact) mass is 236 g/mol. The Bertz CT molecular complexity index is 387. The lowest BCUT2D eigenvalue weighted by Crippen LogP contribution is -2.28. The van der Waals surface area contributed by atoms with E-state index in [1.54, 1.807) is 0 Å². The summed E-state index contributed by atoms with van der Waals surface area (Å²) in [4.78, 5) is 4.49. The number of hydrogen-bond acceptors (Lipinski definition) is 2. The van der Waals surface area contributed by atoms with Gasteiger partial charge in [0.2, 0.25) is 0 Å². The molecule has 0 radical (unpaired) electrons. The zero-order chi connectivity index (χ0) is 11.4. The highest BCUT2D eigenvalue weighted by molar-refractivity contribution is 6.30. The van der Waals surface area contributed by atoms with Crippen molar-refractivity contribution < 1.29 is 0 Å². The number of amidine groups is 1. The van der Waals surface area contributed by atoms with E-state index in [-0.39, 0.29) is 6.04 Å². The summed E-state index contributed by atoms with van der Waals surface area (Å²) in [6.45, 7) is 3.10. The third kappa shape index (κ3) is 2.99. The highest BCUT2D eigenvalue weighted by Crippen LogP contribution is 2.18. The van der Waals surface area contributed by atoms with E-state index in [1.165, 1.54) is 18.4 Å². The molecule has 0 fully saturated rings. The van der Waals surface area contributed by atoms with Gasteiger partial charge < -0.3 is 5.32 Å². The summed E-state index contributed by atoms with van der Waals surface area (Å²) in [7, 11) is 0. The van der Waals surface area contributed by atoms with Crippen molar-refractivity contribution in [1.82, 2.24) is 5.32 Å². The van der Waals surface area contributed by atoms with Gasteiger partial charge in [-0.2, -0.15) is 0 Å². The normalized spacial score (nSPS) is 17.8. The fourth-order valence-corrected chi connectivity index (χ4v) is 2.12. The summed E-state index contributed by atoms with van der Waals surface area (Å²) < 4.78 is 0. The molecule has 0 aliphatic carbocycles. The van der Waals surface area contributed by atoms with Crippen LogP contribution in [0.5, 0.6) is 0 Å². The van der Waals surface area contributed by atoms with E-state index < -0.39 is 0 Å².